The number of likely N-dealkylation sites (tertiary alicyclic amines) is 1. The quantitative estimate of drug-likeness (QED) is 0.882. The highest BCUT2D eigenvalue weighted by molar-refractivity contribution is 9.10. The number of benzene rings is 1. The standard InChI is InChI=1S/C16H24BrNO/c1-3-4-13-5-7-18(8-6-13)11-14-10-15(17)9-12(2)16(14)19/h9-10,13,19H,3-8,11H2,1-2H3. The van der Waals surface area contributed by atoms with Gasteiger partial charge in [-0.2, -0.15) is 0 Å². The molecule has 1 fully saturated rings. The van der Waals surface area contributed by atoms with E-state index in [1.807, 2.05) is 19.1 Å². The van der Waals surface area contributed by atoms with Gasteiger partial charge in [0.1, 0.15) is 5.75 Å². The topological polar surface area (TPSA) is 23.5 Å². The zero-order chi connectivity index (χ0) is 13.8. The van der Waals surface area contributed by atoms with Crippen LogP contribution in [0.5, 0.6) is 5.75 Å². The second kappa shape index (κ2) is 6.76. The summed E-state index contributed by atoms with van der Waals surface area (Å²) in [6, 6.07) is 4.01. The molecule has 19 heavy (non-hydrogen) atoms. The Labute approximate surface area is 124 Å². The van der Waals surface area contributed by atoms with Crippen LogP contribution in [0.4, 0.5) is 0 Å². The lowest BCUT2D eigenvalue weighted by Gasteiger charge is -2.32. The van der Waals surface area contributed by atoms with E-state index in [4.69, 9.17) is 0 Å². The average molecular weight is 326 g/mol. The van der Waals surface area contributed by atoms with Crippen molar-refractivity contribution >= 4 is 15.9 Å². The fourth-order valence-corrected chi connectivity index (χ4v) is 3.63. The smallest absolute Gasteiger partial charge is 0.123 e. The van der Waals surface area contributed by atoms with Crippen molar-refractivity contribution in [1.82, 2.24) is 4.90 Å². The van der Waals surface area contributed by atoms with Crippen molar-refractivity contribution in [2.45, 2.75) is 46.1 Å². The molecule has 0 saturated carbocycles. The molecular weight excluding hydrogens is 302 g/mol. The van der Waals surface area contributed by atoms with Crippen LogP contribution in [0.15, 0.2) is 16.6 Å². The van der Waals surface area contributed by atoms with E-state index in [2.05, 4.69) is 27.8 Å². The predicted octanol–water partition coefficient (Wildman–Crippen LogP) is 4.48. The third-order valence-electron chi connectivity index (χ3n) is 4.14. The van der Waals surface area contributed by atoms with Gasteiger partial charge >= 0.3 is 0 Å². The monoisotopic (exact) mass is 325 g/mol. The molecule has 0 spiro atoms. The van der Waals surface area contributed by atoms with Gasteiger partial charge in [-0.3, -0.25) is 4.90 Å². The summed E-state index contributed by atoms with van der Waals surface area (Å²) >= 11 is 3.51. The summed E-state index contributed by atoms with van der Waals surface area (Å²) in [5.74, 6) is 1.37. The summed E-state index contributed by atoms with van der Waals surface area (Å²) in [4.78, 5) is 2.47. The largest absolute Gasteiger partial charge is 0.507 e. The van der Waals surface area contributed by atoms with Crippen molar-refractivity contribution in [1.29, 1.82) is 0 Å². The first-order valence-corrected chi connectivity index (χ1v) is 8.09. The highest BCUT2D eigenvalue weighted by Gasteiger charge is 2.19. The van der Waals surface area contributed by atoms with Gasteiger partial charge < -0.3 is 5.11 Å². The molecule has 1 aliphatic rings. The zero-order valence-electron chi connectivity index (χ0n) is 12.0. The summed E-state index contributed by atoms with van der Waals surface area (Å²) in [5, 5.41) is 10.1. The summed E-state index contributed by atoms with van der Waals surface area (Å²) in [7, 11) is 0. The van der Waals surface area contributed by atoms with Gasteiger partial charge in [-0.05, 0) is 56.5 Å². The number of aromatic hydroxyl groups is 1. The highest BCUT2D eigenvalue weighted by atomic mass is 79.9. The maximum Gasteiger partial charge on any atom is 0.123 e. The molecule has 106 valence electrons. The molecule has 0 radical (unpaired) electrons. The average Bonchev–Trinajstić information content (AvgIpc) is 2.38. The van der Waals surface area contributed by atoms with Gasteiger partial charge in [0.05, 0.1) is 0 Å². The molecule has 1 aromatic carbocycles. The maximum atomic E-state index is 10.1. The Morgan fingerprint density at radius 3 is 2.63 bits per heavy atom. The van der Waals surface area contributed by atoms with Crippen LogP contribution >= 0.6 is 15.9 Å². The molecule has 1 heterocycles. The van der Waals surface area contributed by atoms with Gasteiger partial charge in [-0.1, -0.05) is 35.7 Å². The van der Waals surface area contributed by atoms with Gasteiger partial charge in [-0.25, -0.2) is 0 Å². The molecule has 0 unspecified atom stereocenters. The molecule has 3 heteroatoms. The minimum Gasteiger partial charge on any atom is -0.507 e. The minimum absolute atomic E-state index is 0.457. The SMILES string of the molecule is CCCC1CCN(Cc2cc(Br)cc(C)c2O)CC1. The number of phenolic OH excluding ortho intramolecular Hbond substituents is 1. The molecule has 0 bridgehead atoms. The first-order valence-electron chi connectivity index (χ1n) is 7.30. The number of hydrogen-bond acceptors (Lipinski definition) is 2. The summed E-state index contributed by atoms with van der Waals surface area (Å²) < 4.78 is 1.05. The van der Waals surface area contributed by atoms with Crippen LogP contribution < -0.4 is 0 Å². The van der Waals surface area contributed by atoms with Crippen molar-refractivity contribution < 1.29 is 5.11 Å². The second-order valence-corrected chi connectivity index (χ2v) is 6.65. The third-order valence-corrected chi connectivity index (χ3v) is 4.60. The van der Waals surface area contributed by atoms with E-state index in [1.54, 1.807) is 0 Å². The van der Waals surface area contributed by atoms with Gasteiger partial charge in [0.25, 0.3) is 0 Å². The Balaban J connectivity index is 1.96. The lowest BCUT2D eigenvalue weighted by molar-refractivity contribution is 0.170. The van der Waals surface area contributed by atoms with Gasteiger partial charge in [0, 0.05) is 16.6 Å². The molecule has 1 aromatic rings. The fraction of sp³-hybridized carbons (Fsp3) is 0.625. The third kappa shape index (κ3) is 3.96. The number of piperidine rings is 1. The van der Waals surface area contributed by atoms with E-state index in [0.29, 0.717) is 5.75 Å². The number of hydrogen-bond donors (Lipinski definition) is 1. The van der Waals surface area contributed by atoms with Crippen LogP contribution in [-0.2, 0) is 6.54 Å². The van der Waals surface area contributed by atoms with E-state index >= 15 is 0 Å². The molecule has 0 aromatic heterocycles. The molecule has 1 saturated heterocycles. The molecule has 1 aliphatic heterocycles. The van der Waals surface area contributed by atoms with Crippen molar-refractivity contribution in [2.75, 3.05) is 13.1 Å². The molecule has 1 N–H and O–H groups in total. The normalized spacial score (nSPS) is 17.8. The zero-order valence-corrected chi connectivity index (χ0v) is 13.5. The van der Waals surface area contributed by atoms with E-state index in [9.17, 15) is 5.11 Å². The van der Waals surface area contributed by atoms with Crippen LogP contribution in [0, 0.1) is 12.8 Å². The number of rotatable bonds is 4. The Kier molecular flexibility index (Phi) is 5.28. The number of halogens is 1. The number of phenols is 1. The van der Waals surface area contributed by atoms with Crippen LogP contribution in [0.2, 0.25) is 0 Å². The van der Waals surface area contributed by atoms with Crippen LogP contribution in [0.1, 0.15) is 43.7 Å². The molecule has 0 atom stereocenters. The minimum atomic E-state index is 0.457. The van der Waals surface area contributed by atoms with Gasteiger partial charge in [0.2, 0.25) is 0 Å². The Hall–Kier alpha value is -0.540. The summed E-state index contributed by atoms with van der Waals surface area (Å²) in [6.07, 6.45) is 5.29. The fourth-order valence-electron chi connectivity index (χ4n) is 3.01. The lowest BCUT2D eigenvalue weighted by Crippen LogP contribution is -2.33. The maximum absolute atomic E-state index is 10.1. The van der Waals surface area contributed by atoms with E-state index in [-0.39, 0.29) is 0 Å². The van der Waals surface area contributed by atoms with Gasteiger partial charge in [0.15, 0.2) is 0 Å². The molecule has 2 nitrogen and oxygen atoms in total. The summed E-state index contributed by atoms with van der Waals surface area (Å²) in [5.41, 5.74) is 1.99. The van der Waals surface area contributed by atoms with Crippen LogP contribution in [-0.4, -0.2) is 23.1 Å². The molecular formula is C16H24BrNO. The van der Waals surface area contributed by atoms with Crippen molar-refractivity contribution in [3.8, 4) is 5.75 Å². The van der Waals surface area contributed by atoms with Crippen LogP contribution in [0.3, 0.4) is 0 Å². The number of aryl methyl sites for hydroxylation is 1. The van der Waals surface area contributed by atoms with Crippen molar-refractivity contribution in [2.24, 2.45) is 5.92 Å². The van der Waals surface area contributed by atoms with Crippen molar-refractivity contribution in [3.63, 3.8) is 0 Å². The van der Waals surface area contributed by atoms with E-state index < -0.39 is 0 Å². The van der Waals surface area contributed by atoms with Crippen molar-refractivity contribution in [3.05, 3.63) is 27.7 Å². The highest BCUT2D eigenvalue weighted by Crippen LogP contribution is 2.29. The lowest BCUT2D eigenvalue weighted by atomic mass is 9.92. The Morgan fingerprint density at radius 1 is 1.32 bits per heavy atom. The molecule has 0 aliphatic carbocycles. The molecule has 2 rings (SSSR count). The van der Waals surface area contributed by atoms with E-state index in [1.165, 1.54) is 25.7 Å². The first-order chi connectivity index (χ1) is 9.10. The second-order valence-electron chi connectivity index (χ2n) is 5.74. The van der Waals surface area contributed by atoms with Gasteiger partial charge in [-0.15, -0.1) is 0 Å². The van der Waals surface area contributed by atoms with Crippen LogP contribution in [0.25, 0.3) is 0 Å². The predicted molar refractivity (Wildman–Crippen MR) is 83.5 cm³/mol. The van der Waals surface area contributed by atoms with E-state index in [0.717, 1.165) is 41.2 Å². The first kappa shape index (κ1) is 14.9. The Bertz CT molecular complexity index is 425. The molecule has 0 amide bonds. The summed E-state index contributed by atoms with van der Waals surface area (Å²) in [6.45, 7) is 7.42. The number of nitrogens with zero attached hydrogens (tertiary/aromatic N) is 1. The Morgan fingerprint density at radius 2 is 2.00 bits per heavy atom.